The Balaban J connectivity index is 2.01. The SMILES string of the molecule is CNC1CCCCC1c1c[nH]c2ccccc12. The number of benzene rings is 1. The summed E-state index contributed by atoms with van der Waals surface area (Å²) in [5, 5.41) is 4.90. The summed E-state index contributed by atoms with van der Waals surface area (Å²) in [4.78, 5) is 3.40. The van der Waals surface area contributed by atoms with E-state index in [4.69, 9.17) is 0 Å². The highest BCUT2D eigenvalue weighted by atomic mass is 14.9. The molecule has 0 bridgehead atoms. The molecule has 1 aliphatic carbocycles. The lowest BCUT2D eigenvalue weighted by molar-refractivity contribution is 0.345. The average molecular weight is 228 g/mol. The predicted molar refractivity (Wildman–Crippen MR) is 72.4 cm³/mol. The number of fused-ring (bicyclic) bond motifs is 1. The smallest absolute Gasteiger partial charge is 0.0456 e. The molecule has 2 N–H and O–H groups in total. The molecule has 2 atom stereocenters. The van der Waals surface area contributed by atoms with Gasteiger partial charge in [0.2, 0.25) is 0 Å². The molecule has 2 unspecified atom stereocenters. The third kappa shape index (κ3) is 1.87. The molecule has 90 valence electrons. The van der Waals surface area contributed by atoms with Crippen molar-refractivity contribution < 1.29 is 0 Å². The summed E-state index contributed by atoms with van der Waals surface area (Å²) in [5.41, 5.74) is 2.77. The van der Waals surface area contributed by atoms with E-state index in [9.17, 15) is 0 Å². The van der Waals surface area contributed by atoms with Crippen LogP contribution in [0.5, 0.6) is 0 Å². The Bertz CT molecular complexity index is 500. The lowest BCUT2D eigenvalue weighted by Gasteiger charge is -2.31. The first-order valence-corrected chi connectivity index (χ1v) is 6.63. The lowest BCUT2D eigenvalue weighted by atomic mass is 9.80. The maximum atomic E-state index is 3.49. The number of hydrogen-bond donors (Lipinski definition) is 2. The fraction of sp³-hybridized carbons (Fsp3) is 0.467. The molecule has 1 fully saturated rings. The van der Waals surface area contributed by atoms with Gasteiger partial charge in [-0.2, -0.15) is 0 Å². The number of likely N-dealkylation sites (N-methyl/N-ethyl adjacent to an activating group) is 1. The van der Waals surface area contributed by atoms with Gasteiger partial charge >= 0.3 is 0 Å². The zero-order chi connectivity index (χ0) is 11.7. The fourth-order valence-electron chi connectivity index (χ4n) is 3.25. The number of nitrogens with one attached hydrogen (secondary N) is 2. The van der Waals surface area contributed by atoms with Gasteiger partial charge in [-0.25, -0.2) is 0 Å². The van der Waals surface area contributed by atoms with E-state index in [-0.39, 0.29) is 0 Å². The van der Waals surface area contributed by atoms with Gasteiger partial charge in [0.25, 0.3) is 0 Å². The summed E-state index contributed by atoms with van der Waals surface area (Å²) in [7, 11) is 2.10. The van der Waals surface area contributed by atoms with Crippen LogP contribution in [-0.4, -0.2) is 18.1 Å². The van der Waals surface area contributed by atoms with Crippen LogP contribution in [0, 0.1) is 0 Å². The van der Waals surface area contributed by atoms with Gasteiger partial charge in [0.1, 0.15) is 0 Å². The highest BCUT2D eigenvalue weighted by Crippen LogP contribution is 2.36. The zero-order valence-corrected chi connectivity index (χ0v) is 10.4. The summed E-state index contributed by atoms with van der Waals surface area (Å²) < 4.78 is 0. The van der Waals surface area contributed by atoms with Gasteiger partial charge in [0.15, 0.2) is 0 Å². The van der Waals surface area contributed by atoms with Crippen molar-refractivity contribution in [2.24, 2.45) is 0 Å². The number of aromatic nitrogens is 1. The molecule has 1 aromatic carbocycles. The normalized spacial score (nSPS) is 25.2. The van der Waals surface area contributed by atoms with Crippen LogP contribution in [0.4, 0.5) is 0 Å². The Morgan fingerprint density at radius 3 is 2.88 bits per heavy atom. The van der Waals surface area contributed by atoms with Crippen LogP contribution in [-0.2, 0) is 0 Å². The van der Waals surface area contributed by atoms with Crippen molar-refractivity contribution in [3.8, 4) is 0 Å². The Labute approximate surface area is 102 Å². The van der Waals surface area contributed by atoms with Crippen molar-refractivity contribution in [3.05, 3.63) is 36.0 Å². The number of rotatable bonds is 2. The molecule has 0 saturated heterocycles. The van der Waals surface area contributed by atoms with Gasteiger partial charge in [0, 0.05) is 29.1 Å². The Morgan fingerprint density at radius 1 is 1.18 bits per heavy atom. The second-order valence-corrected chi connectivity index (χ2v) is 5.08. The molecule has 1 saturated carbocycles. The number of H-pyrrole nitrogens is 1. The number of aromatic amines is 1. The molecule has 2 heteroatoms. The lowest BCUT2D eigenvalue weighted by Crippen LogP contribution is -2.34. The maximum Gasteiger partial charge on any atom is 0.0456 e. The highest BCUT2D eigenvalue weighted by molar-refractivity contribution is 5.83. The predicted octanol–water partition coefficient (Wildman–Crippen LogP) is 3.41. The van der Waals surface area contributed by atoms with Crippen LogP contribution in [0.3, 0.4) is 0 Å². The monoisotopic (exact) mass is 228 g/mol. The second kappa shape index (κ2) is 4.53. The third-order valence-electron chi connectivity index (χ3n) is 4.16. The topological polar surface area (TPSA) is 27.8 Å². The molecule has 3 rings (SSSR count). The minimum Gasteiger partial charge on any atom is -0.361 e. The summed E-state index contributed by atoms with van der Waals surface area (Å²) in [6.07, 6.45) is 7.56. The van der Waals surface area contributed by atoms with Crippen LogP contribution in [0.25, 0.3) is 10.9 Å². The van der Waals surface area contributed by atoms with Crippen molar-refractivity contribution in [2.75, 3.05) is 7.05 Å². The average Bonchev–Trinajstić information content (AvgIpc) is 2.82. The number of para-hydroxylation sites is 1. The van der Waals surface area contributed by atoms with E-state index in [1.165, 1.54) is 42.1 Å². The molecule has 17 heavy (non-hydrogen) atoms. The summed E-state index contributed by atoms with van der Waals surface area (Å²) in [6.45, 7) is 0. The summed E-state index contributed by atoms with van der Waals surface area (Å²) in [5.74, 6) is 0.671. The van der Waals surface area contributed by atoms with E-state index in [2.05, 4.69) is 47.8 Å². The summed E-state index contributed by atoms with van der Waals surface area (Å²) in [6, 6.07) is 9.28. The van der Waals surface area contributed by atoms with Crippen molar-refractivity contribution in [3.63, 3.8) is 0 Å². The molecule has 1 heterocycles. The first kappa shape index (κ1) is 10.8. The molecule has 0 aliphatic heterocycles. The standard InChI is InChI=1S/C15H20N2/c1-16-14-8-4-2-6-11(14)13-10-17-15-9-5-3-7-12(13)15/h3,5,7,9-11,14,16-17H,2,4,6,8H2,1H3. The maximum absolute atomic E-state index is 3.49. The van der Waals surface area contributed by atoms with Crippen molar-refractivity contribution in [1.29, 1.82) is 0 Å². The second-order valence-electron chi connectivity index (χ2n) is 5.08. The van der Waals surface area contributed by atoms with Crippen LogP contribution in [0.1, 0.15) is 37.2 Å². The molecule has 2 aromatic rings. The van der Waals surface area contributed by atoms with Crippen LogP contribution in [0.15, 0.2) is 30.5 Å². The Morgan fingerprint density at radius 2 is 2.00 bits per heavy atom. The van der Waals surface area contributed by atoms with Gasteiger partial charge < -0.3 is 10.3 Å². The number of hydrogen-bond acceptors (Lipinski definition) is 1. The molecule has 0 radical (unpaired) electrons. The molecule has 2 nitrogen and oxygen atoms in total. The van der Waals surface area contributed by atoms with Gasteiger partial charge in [-0.05, 0) is 31.5 Å². The van der Waals surface area contributed by atoms with E-state index < -0.39 is 0 Å². The Hall–Kier alpha value is -1.28. The molecule has 0 amide bonds. The van der Waals surface area contributed by atoms with Crippen LogP contribution in [0.2, 0.25) is 0 Å². The highest BCUT2D eigenvalue weighted by Gasteiger charge is 2.26. The largest absolute Gasteiger partial charge is 0.361 e. The molecular weight excluding hydrogens is 208 g/mol. The fourth-order valence-corrected chi connectivity index (χ4v) is 3.25. The minimum atomic E-state index is 0.642. The van der Waals surface area contributed by atoms with E-state index >= 15 is 0 Å². The molecular formula is C15H20N2. The molecule has 1 aromatic heterocycles. The van der Waals surface area contributed by atoms with Crippen LogP contribution >= 0.6 is 0 Å². The zero-order valence-electron chi connectivity index (χ0n) is 10.4. The first-order chi connectivity index (χ1) is 8.40. The third-order valence-corrected chi connectivity index (χ3v) is 4.16. The molecule has 0 spiro atoms. The van der Waals surface area contributed by atoms with Gasteiger partial charge in [-0.1, -0.05) is 31.0 Å². The van der Waals surface area contributed by atoms with Crippen molar-refractivity contribution in [2.45, 2.75) is 37.6 Å². The Kier molecular flexibility index (Phi) is 2.89. The first-order valence-electron chi connectivity index (χ1n) is 6.63. The van der Waals surface area contributed by atoms with Gasteiger partial charge in [-0.3, -0.25) is 0 Å². The molecule has 1 aliphatic rings. The summed E-state index contributed by atoms with van der Waals surface area (Å²) >= 11 is 0. The van der Waals surface area contributed by atoms with E-state index in [1.807, 2.05) is 0 Å². The van der Waals surface area contributed by atoms with E-state index in [1.54, 1.807) is 0 Å². The van der Waals surface area contributed by atoms with Gasteiger partial charge in [-0.15, -0.1) is 0 Å². The van der Waals surface area contributed by atoms with Crippen molar-refractivity contribution in [1.82, 2.24) is 10.3 Å². The van der Waals surface area contributed by atoms with E-state index in [0.29, 0.717) is 12.0 Å². The quantitative estimate of drug-likeness (QED) is 0.810. The van der Waals surface area contributed by atoms with Gasteiger partial charge in [0.05, 0.1) is 0 Å². The van der Waals surface area contributed by atoms with Crippen molar-refractivity contribution >= 4 is 10.9 Å². The van der Waals surface area contributed by atoms with Crippen LogP contribution < -0.4 is 5.32 Å². The minimum absolute atomic E-state index is 0.642. The van der Waals surface area contributed by atoms with E-state index in [0.717, 1.165) is 0 Å².